The van der Waals surface area contributed by atoms with E-state index < -0.39 is 0 Å². The standard InChI is InChI=1S/C15H19N3O3/c1-19-15-7-13(11-20-14-3-2-5-16-8-14)18(10-15)9-12-4-6-21-17-12/h2-6,8,13,15H,7,9-11H2,1H3/t13-,15+/m0/s1. The van der Waals surface area contributed by atoms with Crippen molar-refractivity contribution in [3.63, 3.8) is 0 Å². The lowest BCUT2D eigenvalue weighted by molar-refractivity contribution is 0.107. The topological polar surface area (TPSA) is 60.6 Å². The van der Waals surface area contributed by atoms with Crippen LogP contribution in [0.15, 0.2) is 41.4 Å². The highest BCUT2D eigenvalue weighted by molar-refractivity contribution is 5.15. The average Bonchev–Trinajstić information content (AvgIpc) is 3.16. The Morgan fingerprint density at radius 2 is 2.38 bits per heavy atom. The Kier molecular flexibility index (Phi) is 4.47. The normalized spacial score (nSPS) is 22.5. The van der Waals surface area contributed by atoms with Gasteiger partial charge >= 0.3 is 0 Å². The molecule has 0 saturated carbocycles. The van der Waals surface area contributed by atoms with Crippen LogP contribution in [0.5, 0.6) is 5.75 Å². The Morgan fingerprint density at radius 1 is 1.43 bits per heavy atom. The van der Waals surface area contributed by atoms with E-state index in [0.29, 0.717) is 12.6 Å². The molecule has 0 unspecified atom stereocenters. The smallest absolute Gasteiger partial charge is 0.137 e. The van der Waals surface area contributed by atoms with Crippen molar-refractivity contribution >= 4 is 0 Å². The van der Waals surface area contributed by atoms with Crippen LogP contribution >= 0.6 is 0 Å². The minimum atomic E-state index is 0.236. The van der Waals surface area contributed by atoms with Crippen LogP contribution in [0, 0.1) is 0 Å². The molecule has 2 aromatic rings. The number of rotatable bonds is 6. The molecule has 1 aliphatic heterocycles. The number of aromatic nitrogens is 2. The minimum Gasteiger partial charge on any atom is -0.490 e. The summed E-state index contributed by atoms with van der Waals surface area (Å²) in [5.41, 5.74) is 0.929. The molecule has 112 valence electrons. The summed E-state index contributed by atoms with van der Waals surface area (Å²) in [4.78, 5) is 6.38. The van der Waals surface area contributed by atoms with Crippen molar-refractivity contribution < 1.29 is 14.0 Å². The molecule has 3 rings (SSSR count). The number of ether oxygens (including phenoxy) is 2. The Balaban J connectivity index is 1.60. The molecule has 1 saturated heterocycles. The summed E-state index contributed by atoms with van der Waals surface area (Å²) in [5, 5.41) is 3.98. The van der Waals surface area contributed by atoms with Crippen molar-refractivity contribution in [3.05, 3.63) is 42.5 Å². The molecule has 1 aliphatic rings. The Labute approximate surface area is 123 Å². The van der Waals surface area contributed by atoms with Crippen LogP contribution in [0.2, 0.25) is 0 Å². The number of likely N-dealkylation sites (tertiary alicyclic amines) is 1. The maximum atomic E-state index is 5.83. The zero-order valence-electron chi connectivity index (χ0n) is 12.0. The number of methoxy groups -OCH3 is 1. The van der Waals surface area contributed by atoms with E-state index in [0.717, 1.165) is 31.0 Å². The van der Waals surface area contributed by atoms with Crippen LogP contribution in [-0.4, -0.2) is 47.4 Å². The predicted octanol–water partition coefficient (Wildman–Crippen LogP) is 1.74. The molecule has 0 aliphatic carbocycles. The van der Waals surface area contributed by atoms with Gasteiger partial charge in [0.15, 0.2) is 0 Å². The first-order valence-corrected chi connectivity index (χ1v) is 7.04. The fourth-order valence-electron chi connectivity index (χ4n) is 2.63. The Morgan fingerprint density at radius 3 is 3.10 bits per heavy atom. The molecule has 0 spiro atoms. The third-order valence-electron chi connectivity index (χ3n) is 3.76. The molecule has 0 amide bonds. The highest BCUT2D eigenvalue weighted by atomic mass is 16.5. The average molecular weight is 289 g/mol. The predicted molar refractivity (Wildman–Crippen MR) is 75.8 cm³/mol. The summed E-state index contributed by atoms with van der Waals surface area (Å²) in [7, 11) is 1.75. The van der Waals surface area contributed by atoms with Gasteiger partial charge in [0.2, 0.25) is 0 Å². The molecule has 21 heavy (non-hydrogen) atoms. The largest absolute Gasteiger partial charge is 0.490 e. The van der Waals surface area contributed by atoms with Crippen molar-refractivity contribution in [2.45, 2.75) is 25.1 Å². The number of pyridine rings is 1. The van der Waals surface area contributed by atoms with Crippen LogP contribution < -0.4 is 4.74 Å². The van der Waals surface area contributed by atoms with E-state index >= 15 is 0 Å². The lowest BCUT2D eigenvalue weighted by atomic mass is 10.2. The summed E-state index contributed by atoms with van der Waals surface area (Å²) in [5.74, 6) is 0.791. The van der Waals surface area contributed by atoms with Gasteiger partial charge in [0.1, 0.15) is 18.6 Å². The van der Waals surface area contributed by atoms with E-state index in [1.54, 1.807) is 25.8 Å². The molecular formula is C15H19N3O3. The van der Waals surface area contributed by atoms with Gasteiger partial charge in [-0.3, -0.25) is 9.88 Å². The van der Waals surface area contributed by atoms with Gasteiger partial charge in [-0.2, -0.15) is 0 Å². The molecular weight excluding hydrogens is 270 g/mol. The highest BCUT2D eigenvalue weighted by Gasteiger charge is 2.33. The minimum absolute atomic E-state index is 0.236. The van der Waals surface area contributed by atoms with E-state index in [1.807, 2.05) is 18.2 Å². The fourth-order valence-corrected chi connectivity index (χ4v) is 2.63. The monoisotopic (exact) mass is 289 g/mol. The van der Waals surface area contributed by atoms with Gasteiger partial charge in [0.25, 0.3) is 0 Å². The van der Waals surface area contributed by atoms with Crippen LogP contribution in [0.1, 0.15) is 12.1 Å². The van der Waals surface area contributed by atoms with E-state index in [4.69, 9.17) is 14.0 Å². The van der Waals surface area contributed by atoms with Gasteiger partial charge in [0, 0.05) is 38.5 Å². The maximum absolute atomic E-state index is 5.83. The maximum Gasteiger partial charge on any atom is 0.137 e. The van der Waals surface area contributed by atoms with Crippen molar-refractivity contribution in [1.29, 1.82) is 0 Å². The molecule has 2 aromatic heterocycles. The van der Waals surface area contributed by atoms with Crippen LogP contribution in [0.4, 0.5) is 0 Å². The van der Waals surface area contributed by atoms with Crippen LogP contribution in [0.25, 0.3) is 0 Å². The molecule has 0 aromatic carbocycles. The van der Waals surface area contributed by atoms with E-state index in [2.05, 4.69) is 15.0 Å². The molecule has 6 nitrogen and oxygen atoms in total. The zero-order valence-corrected chi connectivity index (χ0v) is 12.0. The van der Waals surface area contributed by atoms with Gasteiger partial charge in [-0.15, -0.1) is 0 Å². The lowest BCUT2D eigenvalue weighted by Gasteiger charge is -2.22. The molecule has 3 heterocycles. The molecule has 0 N–H and O–H groups in total. The van der Waals surface area contributed by atoms with Crippen molar-refractivity contribution in [3.8, 4) is 5.75 Å². The molecule has 2 atom stereocenters. The first-order valence-electron chi connectivity index (χ1n) is 7.04. The highest BCUT2D eigenvalue weighted by Crippen LogP contribution is 2.23. The molecule has 0 bridgehead atoms. The van der Waals surface area contributed by atoms with Crippen LogP contribution in [-0.2, 0) is 11.3 Å². The second-order valence-electron chi connectivity index (χ2n) is 5.17. The fraction of sp³-hybridized carbons (Fsp3) is 0.467. The summed E-state index contributed by atoms with van der Waals surface area (Å²) in [6.07, 6.45) is 6.25. The third-order valence-corrected chi connectivity index (χ3v) is 3.76. The summed E-state index contributed by atoms with van der Waals surface area (Å²) >= 11 is 0. The van der Waals surface area contributed by atoms with Crippen LogP contribution in [0.3, 0.4) is 0 Å². The van der Waals surface area contributed by atoms with E-state index in [-0.39, 0.29) is 6.10 Å². The number of nitrogens with zero attached hydrogens (tertiary/aromatic N) is 3. The lowest BCUT2D eigenvalue weighted by Crippen LogP contribution is -2.34. The molecule has 0 radical (unpaired) electrons. The van der Waals surface area contributed by atoms with Crippen molar-refractivity contribution in [2.24, 2.45) is 0 Å². The molecule has 6 heteroatoms. The van der Waals surface area contributed by atoms with Gasteiger partial charge in [0.05, 0.1) is 18.0 Å². The Bertz CT molecular complexity index is 532. The summed E-state index contributed by atoms with van der Waals surface area (Å²) in [6.45, 7) is 2.24. The summed E-state index contributed by atoms with van der Waals surface area (Å²) < 4.78 is 16.2. The third kappa shape index (κ3) is 3.59. The number of hydrogen-bond donors (Lipinski definition) is 0. The van der Waals surface area contributed by atoms with Gasteiger partial charge < -0.3 is 14.0 Å². The van der Waals surface area contributed by atoms with E-state index in [1.165, 1.54) is 0 Å². The van der Waals surface area contributed by atoms with Crippen molar-refractivity contribution in [1.82, 2.24) is 15.0 Å². The van der Waals surface area contributed by atoms with Gasteiger partial charge in [-0.1, -0.05) is 5.16 Å². The zero-order chi connectivity index (χ0) is 14.5. The van der Waals surface area contributed by atoms with Gasteiger partial charge in [-0.25, -0.2) is 0 Å². The Hall–Kier alpha value is -1.92. The van der Waals surface area contributed by atoms with Gasteiger partial charge in [-0.05, 0) is 18.6 Å². The first-order chi connectivity index (χ1) is 10.3. The summed E-state index contributed by atoms with van der Waals surface area (Å²) in [6, 6.07) is 5.97. The quantitative estimate of drug-likeness (QED) is 0.807. The second-order valence-corrected chi connectivity index (χ2v) is 5.17. The molecule has 1 fully saturated rings. The van der Waals surface area contributed by atoms with Crippen molar-refractivity contribution in [2.75, 3.05) is 20.3 Å². The number of hydrogen-bond acceptors (Lipinski definition) is 6. The SMILES string of the molecule is CO[C@@H]1C[C@@H](COc2cccnc2)N(Cc2ccon2)C1. The van der Waals surface area contributed by atoms with E-state index in [9.17, 15) is 0 Å². The first kappa shape index (κ1) is 14.0. The second kappa shape index (κ2) is 6.69.